The molecule has 0 aliphatic rings. The minimum atomic E-state index is -0.407. The Balaban J connectivity index is 3.14. The third-order valence-electron chi connectivity index (χ3n) is 2.42. The van der Waals surface area contributed by atoms with Crippen molar-refractivity contribution in [2.24, 2.45) is 0 Å². The van der Waals surface area contributed by atoms with Crippen LogP contribution < -0.4 is 5.32 Å². The first-order valence-electron chi connectivity index (χ1n) is 5.70. The lowest BCUT2D eigenvalue weighted by Crippen LogP contribution is -2.15. The number of carbonyl (C=O) groups excluding carboxylic acids is 2. The van der Waals surface area contributed by atoms with Gasteiger partial charge in [0.25, 0.3) is 0 Å². The van der Waals surface area contributed by atoms with Gasteiger partial charge in [0.15, 0.2) is 0 Å². The van der Waals surface area contributed by atoms with Crippen molar-refractivity contribution in [3.63, 3.8) is 0 Å². The lowest BCUT2D eigenvalue weighted by molar-refractivity contribution is -0.113. The maximum Gasteiger partial charge on any atom is 0.341 e. The largest absolute Gasteiger partial charge is 0.462 e. The summed E-state index contributed by atoms with van der Waals surface area (Å²) in [5, 5.41) is 3.16. The normalized spacial score (nSPS) is 10.2. The summed E-state index contributed by atoms with van der Waals surface area (Å²) in [4.78, 5) is 24.3. The van der Waals surface area contributed by atoms with E-state index in [1.807, 2.05) is 13.8 Å². The molecule has 0 spiro atoms. The monoisotopic (exact) mass is 289 g/mol. The predicted molar refractivity (Wildman–Crippen MR) is 73.7 cm³/mol. The zero-order valence-corrected chi connectivity index (χ0v) is 12.2. The summed E-state index contributed by atoms with van der Waals surface area (Å²) in [5.74, 6) is -0.873. The van der Waals surface area contributed by atoms with Gasteiger partial charge < -0.3 is 10.1 Å². The van der Waals surface area contributed by atoms with Crippen LogP contribution in [0.4, 0.5) is 5.00 Å². The molecule has 1 amide bonds. The number of esters is 1. The Kier molecular flexibility index (Phi) is 5.62. The lowest BCUT2D eigenvalue weighted by Gasteiger charge is -2.05. The maximum absolute atomic E-state index is 11.9. The number of carbonyl (C=O) groups is 2. The van der Waals surface area contributed by atoms with Crippen LogP contribution in [0.2, 0.25) is 0 Å². The van der Waals surface area contributed by atoms with Crippen LogP contribution in [0.5, 0.6) is 0 Å². The number of rotatable bonds is 5. The van der Waals surface area contributed by atoms with Crippen LogP contribution >= 0.6 is 22.9 Å². The zero-order valence-electron chi connectivity index (χ0n) is 10.6. The molecule has 1 N–H and O–H groups in total. The highest BCUT2D eigenvalue weighted by Crippen LogP contribution is 2.34. The van der Waals surface area contributed by atoms with Gasteiger partial charge in [0.2, 0.25) is 5.91 Å². The van der Waals surface area contributed by atoms with Crippen LogP contribution in [0.15, 0.2) is 0 Å². The number of nitrogens with one attached hydrogen (secondary N) is 1. The molecule has 4 nitrogen and oxygen atoms in total. The van der Waals surface area contributed by atoms with Crippen LogP contribution in [-0.2, 0) is 16.0 Å². The fraction of sp³-hybridized carbons (Fsp3) is 0.500. The standard InChI is InChI=1S/C12H16ClNO3S/c1-4-8-7(3)10(12(16)17-5-2)11(18-8)14-9(15)6-13/h4-6H2,1-3H3,(H,14,15). The van der Waals surface area contributed by atoms with Crippen LogP contribution in [-0.4, -0.2) is 24.4 Å². The van der Waals surface area contributed by atoms with E-state index in [0.717, 1.165) is 16.9 Å². The van der Waals surface area contributed by atoms with E-state index in [2.05, 4.69) is 5.32 Å². The summed E-state index contributed by atoms with van der Waals surface area (Å²) < 4.78 is 5.01. The highest BCUT2D eigenvalue weighted by atomic mass is 35.5. The first kappa shape index (κ1) is 15.0. The maximum atomic E-state index is 11.9. The third-order valence-corrected chi connectivity index (χ3v) is 4.01. The second kappa shape index (κ2) is 6.75. The number of hydrogen-bond donors (Lipinski definition) is 1. The van der Waals surface area contributed by atoms with Gasteiger partial charge in [0.05, 0.1) is 12.2 Å². The van der Waals surface area contributed by atoms with Gasteiger partial charge >= 0.3 is 5.97 Å². The second-order valence-electron chi connectivity index (χ2n) is 3.61. The van der Waals surface area contributed by atoms with E-state index in [0.29, 0.717) is 17.2 Å². The summed E-state index contributed by atoms with van der Waals surface area (Å²) in [5.41, 5.74) is 1.31. The number of alkyl halides is 1. The van der Waals surface area contributed by atoms with Gasteiger partial charge in [-0.25, -0.2) is 4.79 Å². The highest BCUT2D eigenvalue weighted by Gasteiger charge is 2.22. The first-order valence-corrected chi connectivity index (χ1v) is 7.05. The topological polar surface area (TPSA) is 55.4 Å². The molecule has 18 heavy (non-hydrogen) atoms. The average Bonchev–Trinajstić information content (AvgIpc) is 2.65. The summed E-state index contributed by atoms with van der Waals surface area (Å²) in [7, 11) is 0. The van der Waals surface area contributed by atoms with Crippen LogP contribution in [0, 0.1) is 6.92 Å². The van der Waals surface area contributed by atoms with Crippen molar-refractivity contribution in [3.05, 3.63) is 16.0 Å². The predicted octanol–water partition coefficient (Wildman–Crippen LogP) is 2.97. The summed E-state index contributed by atoms with van der Waals surface area (Å²) in [6.07, 6.45) is 0.805. The smallest absolute Gasteiger partial charge is 0.341 e. The molecule has 0 aromatic carbocycles. The summed E-state index contributed by atoms with van der Waals surface area (Å²) in [6.45, 7) is 5.91. The number of ether oxygens (including phenoxy) is 1. The number of halogens is 1. The van der Waals surface area contributed by atoms with Gasteiger partial charge in [0, 0.05) is 4.88 Å². The number of anilines is 1. The molecular formula is C12H16ClNO3S. The zero-order chi connectivity index (χ0) is 13.7. The molecule has 1 heterocycles. The number of thiophene rings is 1. The second-order valence-corrected chi connectivity index (χ2v) is 4.98. The van der Waals surface area contributed by atoms with E-state index in [9.17, 15) is 9.59 Å². The molecule has 0 aliphatic heterocycles. The lowest BCUT2D eigenvalue weighted by atomic mass is 10.1. The molecule has 0 aliphatic carbocycles. The molecule has 0 saturated carbocycles. The molecule has 1 aromatic heterocycles. The Morgan fingerprint density at radius 1 is 1.39 bits per heavy atom. The first-order chi connectivity index (χ1) is 8.54. The van der Waals surface area contributed by atoms with Crippen molar-refractivity contribution in [3.8, 4) is 0 Å². The van der Waals surface area contributed by atoms with Crippen molar-refractivity contribution in [1.29, 1.82) is 0 Å². The van der Waals surface area contributed by atoms with Crippen molar-refractivity contribution in [1.82, 2.24) is 0 Å². The minimum Gasteiger partial charge on any atom is -0.462 e. The van der Waals surface area contributed by atoms with E-state index < -0.39 is 5.97 Å². The minimum absolute atomic E-state index is 0.138. The van der Waals surface area contributed by atoms with Crippen LogP contribution in [0.3, 0.4) is 0 Å². The molecule has 6 heteroatoms. The van der Waals surface area contributed by atoms with Gasteiger partial charge in [-0.1, -0.05) is 6.92 Å². The van der Waals surface area contributed by atoms with E-state index in [1.165, 1.54) is 11.3 Å². The molecule has 0 saturated heterocycles. The highest BCUT2D eigenvalue weighted by molar-refractivity contribution is 7.17. The molecule has 1 aromatic rings. The summed E-state index contributed by atoms with van der Waals surface area (Å²) in [6, 6.07) is 0. The molecular weight excluding hydrogens is 274 g/mol. The fourth-order valence-electron chi connectivity index (χ4n) is 1.59. The van der Waals surface area contributed by atoms with E-state index in [1.54, 1.807) is 6.92 Å². The fourth-order valence-corrected chi connectivity index (χ4v) is 2.81. The van der Waals surface area contributed by atoms with Crippen LogP contribution in [0.25, 0.3) is 0 Å². The number of amides is 1. The molecule has 0 fully saturated rings. The van der Waals surface area contributed by atoms with E-state index in [4.69, 9.17) is 16.3 Å². The quantitative estimate of drug-likeness (QED) is 0.670. The average molecular weight is 290 g/mol. The Morgan fingerprint density at radius 2 is 2.06 bits per heavy atom. The Hall–Kier alpha value is -1.07. The van der Waals surface area contributed by atoms with Crippen LogP contribution in [0.1, 0.15) is 34.6 Å². The van der Waals surface area contributed by atoms with Crippen molar-refractivity contribution < 1.29 is 14.3 Å². The third kappa shape index (κ3) is 3.23. The van der Waals surface area contributed by atoms with Gasteiger partial charge in [-0.2, -0.15) is 0 Å². The van der Waals surface area contributed by atoms with Gasteiger partial charge in [-0.15, -0.1) is 22.9 Å². The Morgan fingerprint density at radius 3 is 2.56 bits per heavy atom. The molecule has 0 atom stereocenters. The Labute approximate surface area is 115 Å². The van der Waals surface area contributed by atoms with Gasteiger partial charge in [-0.3, -0.25) is 4.79 Å². The molecule has 1 rings (SSSR count). The van der Waals surface area contributed by atoms with E-state index in [-0.39, 0.29) is 11.8 Å². The molecule has 0 bridgehead atoms. The Bertz CT molecular complexity index is 456. The van der Waals surface area contributed by atoms with E-state index >= 15 is 0 Å². The molecule has 0 radical (unpaired) electrons. The molecule has 0 unspecified atom stereocenters. The van der Waals surface area contributed by atoms with Gasteiger partial charge in [-0.05, 0) is 25.8 Å². The van der Waals surface area contributed by atoms with Gasteiger partial charge in [0.1, 0.15) is 10.9 Å². The van der Waals surface area contributed by atoms with Crippen molar-refractivity contribution >= 4 is 39.8 Å². The number of hydrogen-bond acceptors (Lipinski definition) is 4. The SMILES string of the molecule is CCOC(=O)c1c(NC(=O)CCl)sc(CC)c1C. The van der Waals surface area contributed by atoms with Crippen molar-refractivity contribution in [2.45, 2.75) is 27.2 Å². The number of aryl methyl sites for hydroxylation is 1. The summed E-state index contributed by atoms with van der Waals surface area (Å²) >= 11 is 6.84. The molecule has 100 valence electrons. The van der Waals surface area contributed by atoms with Crippen molar-refractivity contribution in [2.75, 3.05) is 17.8 Å².